The van der Waals surface area contributed by atoms with Gasteiger partial charge in [0.15, 0.2) is 0 Å². The summed E-state index contributed by atoms with van der Waals surface area (Å²) in [5.41, 5.74) is 0. The zero-order chi connectivity index (χ0) is 22.7. The van der Waals surface area contributed by atoms with Gasteiger partial charge in [-0.15, -0.1) is 0 Å². The number of nitrogens with two attached hydrogens (primary N) is 2. The van der Waals surface area contributed by atoms with E-state index in [9.17, 15) is 19.2 Å². The Morgan fingerprint density at radius 3 is 1.40 bits per heavy atom. The summed E-state index contributed by atoms with van der Waals surface area (Å²) < 4.78 is 11.2. The van der Waals surface area contributed by atoms with Gasteiger partial charge in [-0.1, -0.05) is 9.15 Å². The van der Waals surface area contributed by atoms with E-state index in [0.717, 1.165) is 9.15 Å². The molecular formula is C16H27N5O8Rh+6. The quantitative estimate of drug-likeness (QED) is 0.127. The van der Waals surface area contributed by atoms with Crippen molar-refractivity contribution in [1.82, 2.24) is 0 Å². The molecule has 6 N–H and O–H groups in total. The summed E-state index contributed by atoms with van der Waals surface area (Å²) in [4.78, 5) is 44.3. The largest absolute Gasteiger partial charge is 2.00 e. The molecule has 4 amide bonds. The number of esters is 2. The smallest absolute Gasteiger partial charge is 0.464 e. The second-order valence-corrected chi connectivity index (χ2v) is 5.81. The van der Waals surface area contributed by atoms with Gasteiger partial charge in [-0.2, -0.15) is 14.9 Å². The molecule has 2 atom stereocenters. The molecule has 167 valence electrons. The Balaban J connectivity index is 0. The molecule has 2 aliphatic heterocycles. The van der Waals surface area contributed by atoms with Crippen LogP contribution in [0.1, 0.15) is 20.8 Å². The molecule has 30 heavy (non-hydrogen) atoms. The summed E-state index contributed by atoms with van der Waals surface area (Å²) in [5.74, 6) is -1.13. The fraction of sp³-hybridized carbons (Fsp3) is 0.562. The van der Waals surface area contributed by atoms with E-state index in [1.165, 1.54) is 45.6 Å². The van der Waals surface area contributed by atoms with Crippen LogP contribution in [0, 0.1) is 11.3 Å². The minimum atomic E-state index is -0.570. The zero-order valence-electron chi connectivity index (χ0n) is 17.2. The van der Waals surface area contributed by atoms with Gasteiger partial charge in [0.05, 0.1) is 34.1 Å². The molecule has 0 aromatic carbocycles. The molecule has 2 fully saturated rings. The Bertz CT molecular complexity index is 708. The number of quaternary nitrogens is 2. The van der Waals surface area contributed by atoms with Crippen molar-refractivity contribution >= 4 is 35.8 Å². The third kappa shape index (κ3) is 8.73. The fourth-order valence-corrected chi connectivity index (χ4v) is 2.37. The summed E-state index contributed by atoms with van der Waals surface area (Å²) >= 11 is 0. The Labute approximate surface area is 185 Å². The molecule has 14 heteroatoms. The maximum absolute atomic E-state index is 11.1. The third-order valence-electron chi connectivity index (χ3n) is 3.77. The molecule has 0 aromatic heterocycles. The number of amides is 4. The predicted octanol–water partition coefficient (Wildman–Crippen LogP) is -3.04. The van der Waals surface area contributed by atoms with Crippen LogP contribution in [0.4, 0.5) is 9.59 Å². The topological polar surface area (TPSA) is 190 Å². The first-order chi connectivity index (χ1) is 13.5. The summed E-state index contributed by atoms with van der Waals surface area (Å²) in [6.45, 7) is 4.54. The minimum Gasteiger partial charge on any atom is -0.464 e. The molecule has 2 aliphatic rings. The Morgan fingerprint density at radius 2 is 1.23 bits per heavy atom. The number of carbonyl (C=O) groups excluding carboxylic acids is 4. The van der Waals surface area contributed by atoms with Crippen LogP contribution in [0.2, 0.25) is 0 Å². The van der Waals surface area contributed by atoms with E-state index in [0.29, 0.717) is 0 Å². The Hall–Kier alpha value is -2.75. The van der Waals surface area contributed by atoms with Crippen molar-refractivity contribution < 1.29 is 78.1 Å². The first-order valence-corrected chi connectivity index (χ1v) is 8.38. The molecule has 0 aromatic rings. The standard InChI is InChI=1S/2C7H10N2O4.C2H3N.Rh/c2*1-4(10)9-3-5(6(11)13-2)8-7(9)12;1-2-3;/h2*5H,3H2,1-2H3,(H,8,12);1H3;/q;;;+2/p+4. The van der Waals surface area contributed by atoms with Gasteiger partial charge < -0.3 is 19.7 Å². The fourth-order valence-electron chi connectivity index (χ4n) is 2.37. The van der Waals surface area contributed by atoms with Crippen molar-refractivity contribution in [2.24, 2.45) is 0 Å². The van der Waals surface area contributed by atoms with Crippen LogP contribution in [-0.4, -0.2) is 94.6 Å². The molecule has 1 radical (unpaired) electrons. The zero-order valence-corrected chi connectivity index (χ0v) is 18.9. The van der Waals surface area contributed by atoms with Crippen molar-refractivity contribution in [2.45, 2.75) is 32.9 Å². The SMILES string of the molecule is CC#N.COC(=O)C1C/[N+](=C(\C)O)C(=O)[NH2+]1.COC(=O)C1C/[N+](=C(\C)O)C(=O)[NH2+]1.[Rh+2]. The number of methoxy groups -OCH3 is 2. The van der Waals surface area contributed by atoms with E-state index in [-0.39, 0.29) is 56.4 Å². The number of urea groups is 2. The maximum atomic E-state index is 11.1. The number of ether oxygens (including phenoxy) is 2. The number of primary amides is 2. The number of hydrogen-bond donors (Lipinski definition) is 4. The van der Waals surface area contributed by atoms with E-state index < -0.39 is 24.0 Å². The summed E-state index contributed by atoms with van der Waals surface area (Å²) in [6.07, 6.45) is 0. The maximum Gasteiger partial charge on any atom is 2.00 e. The average Bonchev–Trinajstić information content (AvgIpc) is 3.24. The summed E-state index contributed by atoms with van der Waals surface area (Å²) in [6, 6.07) is -0.120. The van der Waals surface area contributed by atoms with Gasteiger partial charge in [-0.25, -0.2) is 20.2 Å². The molecule has 0 aliphatic carbocycles. The molecule has 2 saturated heterocycles. The molecule has 2 unspecified atom stereocenters. The number of aliphatic hydroxyl groups excluding tert-OH is 2. The monoisotopic (exact) mass is 520 g/mol. The molecule has 0 bridgehead atoms. The van der Waals surface area contributed by atoms with Crippen molar-refractivity contribution in [3.05, 3.63) is 0 Å². The van der Waals surface area contributed by atoms with Gasteiger partial charge in [-0.3, -0.25) is 0 Å². The van der Waals surface area contributed by atoms with Gasteiger partial charge in [0, 0.05) is 6.92 Å². The normalized spacial score (nSPS) is 22.8. The first-order valence-electron chi connectivity index (χ1n) is 8.38. The van der Waals surface area contributed by atoms with Gasteiger partial charge in [0.25, 0.3) is 12.1 Å². The average molecular weight is 520 g/mol. The molecular weight excluding hydrogens is 493 g/mol. The first kappa shape index (κ1) is 29.5. The van der Waals surface area contributed by atoms with Crippen LogP contribution in [-0.2, 0) is 38.5 Å². The van der Waals surface area contributed by atoms with Crippen LogP contribution in [0.5, 0.6) is 0 Å². The van der Waals surface area contributed by atoms with Crippen LogP contribution in [0.15, 0.2) is 0 Å². The van der Waals surface area contributed by atoms with E-state index in [1.807, 2.05) is 0 Å². The second kappa shape index (κ2) is 14.3. The number of rotatable bonds is 2. The number of nitriles is 1. The molecule has 2 rings (SSSR count). The summed E-state index contributed by atoms with van der Waals surface area (Å²) in [5, 5.41) is 27.9. The van der Waals surface area contributed by atoms with Crippen LogP contribution < -0.4 is 10.6 Å². The van der Waals surface area contributed by atoms with Crippen molar-refractivity contribution in [1.29, 1.82) is 5.26 Å². The molecule has 13 nitrogen and oxygen atoms in total. The second-order valence-electron chi connectivity index (χ2n) is 5.81. The number of hydrogen-bond acceptors (Lipinski definition) is 7. The van der Waals surface area contributed by atoms with E-state index in [1.54, 1.807) is 6.07 Å². The van der Waals surface area contributed by atoms with Crippen LogP contribution in [0.3, 0.4) is 0 Å². The van der Waals surface area contributed by atoms with Crippen LogP contribution in [0.25, 0.3) is 0 Å². The third-order valence-corrected chi connectivity index (χ3v) is 3.77. The van der Waals surface area contributed by atoms with E-state index in [4.69, 9.17) is 15.5 Å². The number of aliphatic hydroxyl groups is 2. The van der Waals surface area contributed by atoms with Crippen molar-refractivity contribution in [3.63, 3.8) is 0 Å². The van der Waals surface area contributed by atoms with Gasteiger partial charge in [0.2, 0.25) is 13.1 Å². The molecule has 0 saturated carbocycles. The van der Waals surface area contributed by atoms with Gasteiger partial charge >= 0.3 is 55.3 Å². The van der Waals surface area contributed by atoms with Crippen LogP contribution >= 0.6 is 0 Å². The number of nitrogens with zero attached hydrogens (tertiary/aromatic N) is 3. The Morgan fingerprint density at radius 1 is 0.967 bits per heavy atom. The minimum absolute atomic E-state index is 0. The molecule has 0 spiro atoms. The predicted molar refractivity (Wildman–Crippen MR) is 94.4 cm³/mol. The van der Waals surface area contributed by atoms with Crippen molar-refractivity contribution in [3.8, 4) is 6.07 Å². The van der Waals surface area contributed by atoms with Crippen molar-refractivity contribution in [2.75, 3.05) is 27.3 Å². The Kier molecular flexibility index (Phi) is 14.0. The molecule has 2 heterocycles. The van der Waals surface area contributed by atoms with E-state index in [2.05, 4.69) is 9.47 Å². The van der Waals surface area contributed by atoms with Gasteiger partial charge in [-0.05, 0) is 0 Å². The van der Waals surface area contributed by atoms with Gasteiger partial charge in [0.1, 0.15) is 0 Å². The number of carbonyl (C=O) groups is 4. The van der Waals surface area contributed by atoms with E-state index >= 15 is 0 Å². The summed E-state index contributed by atoms with van der Waals surface area (Å²) in [7, 11) is 2.53.